The molecule has 5 rings (SSSR count). The third kappa shape index (κ3) is 4.50. The molecule has 0 amide bonds. The molecule has 2 aliphatic rings. The number of H-pyrrole nitrogens is 1. The Kier molecular flexibility index (Phi) is 6.47. The van der Waals surface area contributed by atoms with Gasteiger partial charge in [-0.15, -0.1) is 0 Å². The summed E-state index contributed by atoms with van der Waals surface area (Å²) < 4.78 is 27.7. The number of pyridine rings is 1. The van der Waals surface area contributed by atoms with Gasteiger partial charge in [0.05, 0.1) is 30.4 Å². The number of nitrogens with two attached hydrogens (primary N) is 1. The number of anilines is 1. The molecule has 12 heteroatoms. The highest BCUT2D eigenvalue weighted by atomic mass is 35.5. The van der Waals surface area contributed by atoms with E-state index in [4.69, 9.17) is 41.0 Å². The molecular formula is C22H26ClN5O6. The Balaban J connectivity index is 1.25. The number of fused-ring (bicyclic) bond motifs is 2. The van der Waals surface area contributed by atoms with Crippen LogP contribution in [0.25, 0.3) is 11.2 Å². The maximum atomic E-state index is 10.0. The standard InChI is InChI=1S/C22H26ClN5O6/c1-30-5-6-31-13-4-2-3-12(7-13)9-25-19-14(23)8-15-20(27-19)28-21(26-15)34-16-10-33-22(24)17(29)11-32-18(16)22/h2-4,7-8,16-18,29H,5-6,9-11,24H2,1H3,(H2,25,26,27,28)/t16-,17-,18-,22-/m1/s1. The largest absolute Gasteiger partial charge is 0.491 e. The number of nitrogens with one attached hydrogen (secondary N) is 2. The van der Waals surface area contributed by atoms with Crippen LogP contribution >= 0.6 is 11.6 Å². The van der Waals surface area contributed by atoms with Gasteiger partial charge in [0.2, 0.25) is 0 Å². The van der Waals surface area contributed by atoms with Crippen LogP contribution in [-0.4, -0.2) is 77.6 Å². The minimum Gasteiger partial charge on any atom is -0.491 e. The van der Waals surface area contributed by atoms with E-state index in [-0.39, 0.29) is 19.2 Å². The van der Waals surface area contributed by atoms with E-state index in [1.807, 2.05) is 24.3 Å². The number of hydrogen-bond donors (Lipinski definition) is 4. The highest BCUT2D eigenvalue weighted by molar-refractivity contribution is 6.33. The SMILES string of the molecule is COCCOc1cccc(CNc2nc3nc(O[C@@H]4CO[C@]5(N)[C@H](O)CO[C@H]45)[nH]c3cc2Cl)c1. The topological polar surface area (TPSA) is 146 Å². The molecule has 2 aliphatic heterocycles. The summed E-state index contributed by atoms with van der Waals surface area (Å²) in [5.41, 5.74) is 6.91. The molecule has 3 aromatic rings. The molecule has 182 valence electrons. The van der Waals surface area contributed by atoms with E-state index in [0.29, 0.717) is 41.8 Å². The Morgan fingerprint density at radius 2 is 2.18 bits per heavy atom. The van der Waals surface area contributed by atoms with Crippen LogP contribution in [0, 0.1) is 0 Å². The predicted octanol–water partition coefficient (Wildman–Crippen LogP) is 1.44. The summed E-state index contributed by atoms with van der Waals surface area (Å²) in [7, 11) is 1.63. The molecule has 2 aromatic heterocycles. The van der Waals surface area contributed by atoms with Crippen molar-refractivity contribution in [3.63, 3.8) is 0 Å². The lowest BCUT2D eigenvalue weighted by molar-refractivity contribution is -0.0715. The van der Waals surface area contributed by atoms with Crippen molar-refractivity contribution in [3.05, 3.63) is 40.9 Å². The molecule has 4 heterocycles. The third-order valence-electron chi connectivity index (χ3n) is 5.82. The minimum atomic E-state index is -1.28. The van der Waals surface area contributed by atoms with Crippen LogP contribution in [0.3, 0.4) is 0 Å². The van der Waals surface area contributed by atoms with Crippen LogP contribution in [0.4, 0.5) is 5.82 Å². The first kappa shape index (κ1) is 23.1. The highest BCUT2D eigenvalue weighted by Crippen LogP contribution is 2.35. The summed E-state index contributed by atoms with van der Waals surface area (Å²) in [6.45, 7) is 1.76. The zero-order valence-corrected chi connectivity index (χ0v) is 19.2. The van der Waals surface area contributed by atoms with Gasteiger partial charge in [-0.2, -0.15) is 4.98 Å². The number of methoxy groups -OCH3 is 1. The summed E-state index contributed by atoms with van der Waals surface area (Å²) in [4.78, 5) is 12.0. The molecule has 2 saturated heterocycles. The van der Waals surface area contributed by atoms with Crippen molar-refractivity contribution in [1.82, 2.24) is 15.0 Å². The van der Waals surface area contributed by atoms with Crippen LogP contribution in [-0.2, 0) is 20.8 Å². The second-order valence-electron chi connectivity index (χ2n) is 8.16. The molecule has 5 N–H and O–H groups in total. The molecule has 0 unspecified atom stereocenters. The number of aliphatic hydroxyl groups excluding tert-OH is 1. The molecule has 0 saturated carbocycles. The van der Waals surface area contributed by atoms with Gasteiger partial charge < -0.3 is 39.1 Å². The van der Waals surface area contributed by atoms with Gasteiger partial charge >= 0.3 is 0 Å². The van der Waals surface area contributed by atoms with Crippen LogP contribution in [0.2, 0.25) is 5.02 Å². The van der Waals surface area contributed by atoms with Crippen LogP contribution in [0.1, 0.15) is 5.56 Å². The number of benzene rings is 1. The lowest BCUT2D eigenvalue weighted by Gasteiger charge is -2.24. The van der Waals surface area contributed by atoms with Gasteiger partial charge in [-0.05, 0) is 23.8 Å². The Morgan fingerprint density at radius 1 is 1.29 bits per heavy atom. The Labute approximate surface area is 200 Å². The average molecular weight is 492 g/mol. The Bertz CT molecular complexity index is 1160. The van der Waals surface area contributed by atoms with E-state index >= 15 is 0 Å². The molecule has 0 spiro atoms. The van der Waals surface area contributed by atoms with Crippen molar-refractivity contribution in [1.29, 1.82) is 0 Å². The smallest absolute Gasteiger partial charge is 0.296 e. The zero-order valence-electron chi connectivity index (χ0n) is 18.5. The Hall–Kier alpha value is -2.67. The van der Waals surface area contributed by atoms with Gasteiger partial charge in [0.15, 0.2) is 17.5 Å². The van der Waals surface area contributed by atoms with Crippen LogP contribution in [0.5, 0.6) is 11.8 Å². The van der Waals surface area contributed by atoms with Gasteiger partial charge in [0, 0.05) is 13.7 Å². The lowest BCUT2D eigenvalue weighted by Crippen LogP contribution is -2.55. The van der Waals surface area contributed by atoms with E-state index in [1.54, 1.807) is 13.2 Å². The number of aromatic nitrogens is 3. The molecule has 11 nitrogen and oxygen atoms in total. The zero-order chi connectivity index (χ0) is 23.7. The summed E-state index contributed by atoms with van der Waals surface area (Å²) in [6.07, 6.45) is -2.03. The summed E-state index contributed by atoms with van der Waals surface area (Å²) in [6, 6.07) is 9.70. The fourth-order valence-electron chi connectivity index (χ4n) is 4.02. The molecule has 1 aromatic carbocycles. The predicted molar refractivity (Wildman–Crippen MR) is 123 cm³/mol. The van der Waals surface area contributed by atoms with E-state index in [2.05, 4.69) is 20.3 Å². The summed E-state index contributed by atoms with van der Waals surface area (Å²) in [5.74, 6) is 1.25. The van der Waals surface area contributed by atoms with Crippen molar-refractivity contribution in [2.24, 2.45) is 5.73 Å². The number of halogens is 1. The highest BCUT2D eigenvalue weighted by Gasteiger charge is 2.58. The van der Waals surface area contributed by atoms with Gasteiger partial charge in [-0.3, -0.25) is 5.73 Å². The summed E-state index contributed by atoms with van der Waals surface area (Å²) in [5, 5.41) is 13.7. The van der Waals surface area contributed by atoms with Crippen molar-refractivity contribution in [2.45, 2.75) is 30.6 Å². The number of aromatic amines is 1. The number of imidazole rings is 1. The molecule has 0 aliphatic carbocycles. The molecular weight excluding hydrogens is 466 g/mol. The normalized spacial score (nSPS) is 26.1. The molecule has 2 fully saturated rings. The van der Waals surface area contributed by atoms with Crippen molar-refractivity contribution in [3.8, 4) is 11.8 Å². The van der Waals surface area contributed by atoms with Crippen molar-refractivity contribution < 1.29 is 28.8 Å². The van der Waals surface area contributed by atoms with Gasteiger partial charge in [-0.25, -0.2) is 4.98 Å². The minimum absolute atomic E-state index is 0.0928. The van der Waals surface area contributed by atoms with Gasteiger partial charge in [-0.1, -0.05) is 23.7 Å². The van der Waals surface area contributed by atoms with Gasteiger partial charge in [0.1, 0.15) is 30.4 Å². The second-order valence-corrected chi connectivity index (χ2v) is 8.57. The van der Waals surface area contributed by atoms with E-state index in [0.717, 1.165) is 11.3 Å². The molecule has 0 bridgehead atoms. The molecule has 4 atom stereocenters. The third-order valence-corrected chi connectivity index (χ3v) is 6.11. The number of aliphatic hydroxyl groups is 1. The quantitative estimate of drug-likeness (QED) is 0.324. The van der Waals surface area contributed by atoms with E-state index in [9.17, 15) is 5.11 Å². The summed E-state index contributed by atoms with van der Waals surface area (Å²) >= 11 is 6.44. The molecule has 0 radical (unpaired) electrons. The lowest BCUT2D eigenvalue weighted by atomic mass is 10.0. The van der Waals surface area contributed by atoms with Crippen LogP contribution < -0.4 is 20.5 Å². The molecule has 34 heavy (non-hydrogen) atoms. The number of ether oxygens (including phenoxy) is 5. The average Bonchev–Trinajstić information content (AvgIpc) is 3.45. The first-order valence-corrected chi connectivity index (χ1v) is 11.2. The number of rotatable bonds is 9. The maximum absolute atomic E-state index is 10.0. The number of nitrogens with zero attached hydrogens (tertiary/aromatic N) is 2. The van der Waals surface area contributed by atoms with Gasteiger partial charge in [0.25, 0.3) is 6.01 Å². The Morgan fingerprint density at radius 3 is 3.03 bits per heavy atom. The van der Waals surface area contributed by atoms with Crippen molar-refractivity contribution in [2.75, 3.05) is 38.9 Å². The fourth-order valence-corrected chi connectivity index (χ4v) is 4.24. The van der Waals surface area contributed by atoms with E-state index in [1.165, 1.54) is 0 Å². The second kappa shape index (κ2) is 9.53. The van der Waals surface area contributed by atoms with Crippen molar-refractivity contribution >= 4 is 28.6 Å². The van der Waals surface area contributed by atoms with Crippen LogP contribution in [0.15, 0.2) is 30.3 Å². The van der Waals surface area contributed by atoms with E-state index < -0.39 is 24.0 Å². The fraction of sp³-hybridized carbons (Fsp3) is 0.455. The monoisotopic (exact) mass is 491 g/mol. The number of hydrogen-bond acceptors (Lipinski definition) is 10. The maximum Gasteiger partial charge on any atom is 0.296 e. The first-order chi connectivity index (χ1) is 16.5. The first-order valence-electron chi connectivity index (χ1n) is 10.9.